The number of hydrogen-bond acceptors (Lipinski definition) is 3. The van der Waals surface area contributed by atoms with Crippen LogP contribution in [0.2, 0.25) is 0 Å². The van der Waals surface area contributed by atoms with Gasteiger partial charge in [0.1, 0.15) is 6.04 Å². The van der Waals surface area contributed by atoms with Crippen LogP contribution in [0.25, 0.3) is 0 Å². The normalized spacial score (nSPS) is 47.7. The topological polar surface area (TPSA) is 38.3 Å². The molecule has 4 rings (SSSR count). The molecule has 0 heterocycles. The summed E-state index contributed by atoms with van der Waals surface area (Å²) >= 11 is 0. The lowest BCUT2D eigenvalue weighted by atomic mass is 10.0. The third-order valence-electron chi connectivity index (χ3n) is 5.66. The number of carbonyl (C=O) groups is 1. The van der Waals surface area contributed by atoms with Crippen LogP contribution < -0.4 is 5.32 Å². The van der Waals surface area contributed by atoms with E-state index in [-0.39, 0.29) is 12.0 Å². The molecular formula is C14H21NO2. The van der Waals surface area contributed by atoms with Crippen molar-refractivity contribution in [2.75, 3.05) is 7.11 Å². The quantitative estimate of drug-likeness (QED) is 0.752. The van der Waals surface area contributed by atoms with Crippen molar-refractivity contribution in [1.29, 1.82) is 0 Å². The lowest BCUT2D eigenvalue weighted by Gasteiger charge is -2.18. The van der Waals surface area contributed by atoms with E-state index >= 15 is 0 Å². The predicted molar refractivity (Wildman–Crippen MR) is 63.3 cm³/mol. The molecule has 94 valence electrons. The Morgan fingerprint density at radius 3 is 2.35 bits per heavy atom. The first kappa shape index (κ1) is 10.4. The standard InChI is InChI=1S/C14H21NO2/c1-17-14(16)12(7-2-3-7)15-13-10-8-4-5-9(6-8)11(10)13/h7-13,15H,2-6H2,1H3. The van der Waals surface area contributed by atoms with Crippen LogP contribution in [-0.4, -0.2) is 25.2 Å². The molecule has 2 bridgehead atoms. The van der Waals surface area contributed by atoms with Crippen LogP contribution in [0.15, 0.2) is 0 Å². The summed E-state index contributed by atoms with van der Waals surface area (Å²) in [5.41, 5.74) is 0. The van der Waals surface area contributed by atoms with Gasteiger partial charge in [0.25, 0.3) is 0 Å². The molecule has 4 fully saturated rings. The highest BCUT2D eigenvalue weighted by molar-refractivity contribution is 5.76. The first-order chi connectivity index (χ1) is 8.29. The molecule has 3 heteroatoms. The van der Waals surface area contributed by atoms with Crippen molar-refractivity contribution in [3.63, 3.8) is 0 Å². The number of carbonyl (C=O) groups excluding carboxylic acids is 1. The van der Waals surface area contributed by atoms with E-state index in [0.717, 1.165) is 23.7 Å². The molecule has 0 aromatic rings. The number of methoxy groups -OCH3 is 1. The van der Waals surface area contributed by atoms with Gasteiger partial charge in [-0.25, -0.2) is 0 Å². The van der Waals surface area contributed by atoms with E-state index in [4.69, 9.17) is 4.74 Å². The first-order valence-electron chi connectivity index (χ1n) is 7.13. The summed E-state index contributed by atoms with van der Waals surface area (Å²) in [6.45, 7) is 0. The average molecular weight is 235 g/mol. The van der Waals surface area contributed by atoms with Gasteiger partial charge < -0.3 is 10.1 Å². The van der Waals surface area contributed by atoms with E-state index in [0.29, 0.717) is 12.0 Å². The Bertz CT molecular complexity index is 336. The van der Waals surface area contributed by atoms with Gasteiger partial charge in [-0.3, -0.25) is 4.79 Å². The van der Waals surface area contributed by atoms with Gasteiger partial charge in [-0.15, -0.1) is 0 Å². The zero-order valence-corrected chi connectivity index (χ0v) is 10.4. The third-order valence-corrected chi connectivity index (χ3v) is 5.66. The summed E-state index contributed by atoms with van der Waals surface area (Å²) < 4.78 is 4.93. The number of nitrogens with one attached hydrogen (secondary N) is 1. The number of esters is 1. The second kappa shape index (κ2) is 3.47. The van der Waals surface area contributed by atoms with Crippen LogP contribution in [0, 0.1) is 29.6 Å². The maximum atomic E-state index is 11.8. The Labute approximate surface area is 102 Å². The molecule has 3 nitrogen and oxygen atoms in total. The minimum atomic E-state index is -0.0372. The van der Waals surface area contributed by atoms with E-state index < -0.39 is 0 Å². The molecule has 4 aliphatic carbocycles. The van der Waals surface area contributed by atoms with Crippen LogP contribution in [0.3, 0.4) is 0 Å². The Hall–Kier alpha value is -0.570. The van der Waals surface area contributed by atoms with E-state index in [1.54, 1.807) is 0 Å². The number of fused-ring (bicyclic) bond motifs is 5. The molecule has 0 aliphatic heterocycles. The van der Waals surface area contributed by atoms with Crippen molar-refractivity contribution in [2.24, 2.45) is 29.6 Å². The zero-order chi connectivity index (χ0) is 11.6. The van der Waals surface area contributed by atoms with Crippen LogP contribution in [0.1, 0.15) is 32.1 Å². The Kier molecular flexibility index (Phi) is 2.11. The fraction of sp³-hybridized carbons (Fsp3) is 0.929. The van der Waals surface area contributed by atoms with Gasteiger partial charge in [0.15, 0.2) is 0 Å². The molecule has 1 N–H and O–H groups in total. The van der Waals surface area contributed by atoms with E-state index in [1.165, 1.54) is 39.2 Å². The largest absolute Gasteiger partial charge is 0.468 e. The summed E-state index contributed by atoms with van der Waals surface area (Å²) in [6, 6.07) is 0.640. The fourth-order valence-corrected chi connectivity index (χ4v) is 4.71. The maximum Gasteiger partial charge on any atom is 0.323 e. The summed E-state index contributed by atoms with van der Waals surface area (Å²) in [6.07, 6.45) is 6.75. The SMILES string of the molecule is COC(=O)C(NC1C2C3CCC(C3)C12)C1CC1. The molecule has 0 amide bonds. The third kappa shape index (κ3) is 1.48. The Balaban J connectivity index is 1.42. The highest BCUT2D eigenvalue weighted by Gasteiger charge is 2.65. The van der Waals surface area contributed by atoms with Crippen molar-refractivity contribution in [1.82, 2.24) is 5.32 Å². The lowest BCUT2D eigenvalue weighted by molar-refractivity contribution is -0.143. The monoisotopic (exact) mass is 235 g/mol. The lowest BCUT2D eigenvalue weighted by Crippen LogP contribution is -2.42. The van der Waals surface area contributed by atoms with Gasteiger partial charge in [-0.1, -0.05) is 0 Å². The molecule has 5 unspecified atom stereocenters. The van der Waals surface area contributed by atoms with Gasteiger partial charge >= 0.3 is 5.97 Å². The van der Waals surface area contributed by atoms with Crippen LogP contribution in [-0.2, 0) is 9.53 Å². The molecule has 0 saturated heterocycles. The zero-order valence-electron chi connectivity index (χ0n) is 10.4. The summed E-state index contributed by atoms with van der Waals surface area (Å²) in [5.74, 6) is 4.27. The number of ether oxygens (including phenoxy) is 1. The highest BCUT2D eigenvalue weighted by Crippen LogP contribution is 2.65. The molecular weight excluding hydrogens is 214 g/mol. The summed E-state index contributed by atoms with van der Waals surface area (Å²) in [5, 5.41) is 3.63. The smallest absolute Gasteiger partial charge is 0.323 e. The van der Waals surface area contributed by atoms with Crippen LogP contribution in [0.4, 0.5) is 0 Å². The molecule has 4 aliphatic rings. The summed E-state index contributed by atoms with van der Waals surface area (Å²) in [7, 11) is 1.51. The van der Waals surface area contributed by atoms with Gasteiger partial charge in [0.2, 0.25) is 0 Å². The fourth-order valence-electron chi connectivity index (χ4n) is 4.71. The molecule has 4 saturated carbocycles. The number of hydrogen-bond donors (Lipinski definition) is 1. The second-order valence-electron chi connectivity index (χ2n) is 6.52. The van der Waals surface area contributed by atoms with Gasteiger partial charge in [0.05, 0.1) is 7.11 Å². The van der Waals surface area contributed by atoms with E-state index in [9.17, 15) is 4.79 Å². The minimum Gasteiger partial charge on any atom is -0.468 e. The molecule has 0 aromatic heterocycles. The van der Waals surface area contributed by atoms with Crippen molar-refractivity contribution >= 4 is 5.97 Å². The van der Waals surface area contributed by atoms with Gasteiger partial charge in [-0.2, -0.15) is 0 Å². The summed E-state index contributed by atoms with van der Waals surface area (Å²) in [4.78, 5) is 11.8. The maximum absolute atomic E-state index is 11.8. The van der Waals surface area contributed by atoms with Crippen molar-refractivity contribution in [3.05, 3.63) is 0 Å². The highest BCUT2D eigenvalue weighted by atomic mass is 16.5. The molecule has 0 aromatic carbocycles. The van der Waals surface area contributed by atoms with E-state index in [2.05, 4.69) is 5.32 Å². The average Bonchev–Trinajstić information content (AvgIpc) is 3.23. The predicted octanol–water partition coefficient (Wildman–Crippen LogP) is 1.57. The van der Waals surface area contributed by atoms with Gasteiger partial charge in [0, 0.05) is 6.04 Å². The molecule has 0 spiro atoms. The Morgan fingerprint density at radius 2 is 1.82 bits per heavy atom. The van der Waals surface area contributed by atoms with Crippen molar-refractivity contribution in [2.45, 2.75) is 44.2 Å². The molecule has 5 atom stereocenters. The van der Waals surface area contributed by atoms with E-state index in [1.807, 2.05) is 0 Å². The first-order valence-corrected chi connectivity index (χ1v) is 7.13. The van der Waals surface area contributed by atoms with Crippen molar-refractivity contribution in [3.8, 4) is 0 Å². The second-order valence-corrected chi connectivity index (χ2v) is 6.52. The minimum absolute atomic E-state index is 0.00463. The molecule has 0 radical (unpaired) electrons. The Morgan fingerprint density at radius 1 is 1.18 bits per heavy atom. The number of rotatable bonds is 4. The molecule has 17 heavy (non-hydrogen) atoms. The van der Waals surface area contributed by atoms with Crippen molar-refractivity contribution < 1.29 is 9.53 Å². The van der Waals surface area contributed by atoms with Crippen LogP contribution >= 0.6 is 0 Å². The van der Waals surface area contributed by atoms with Crippen LogP contribution in [0.5, 0.6) is 0 Å². The van der Waals surface area contributed by atoms with Gasteiger partial charge in [-0.05, 0) is 61.7 Å².